The van der Waals surface area contributed by atoms with Gasteiger partial charge in [-0.3, -0.25) is 0 Å². The van der Waals surface area contributed by atoms with Gasteiger partial charge in [0.2, 0.25) is 0 Å². The molecule has 0 unspecified atom stereocenters. The fraction of sp³-hybridized carbons (Fsp3) is 0.889. The molecule has 0 heterocycles. The standard InChI is InChI=1S/C36H71NO/c1-3-5-7-9-11-13-15-17-19-21-23-25-27-29-31-33-35-37-38-36-34-32-30-28-26-24-22-20-18-16-14-12-10-8-6-4-2/h17-20,37H,3-16,21-36H2,1-2H3/b19-17+,20-18+. The molecule has 0 rings (SSSR count). The number of allylic oxidation sites excluding steroid dienone is 4. The SMILES string of the molecule is CCCCCCCC/C=C/CCCCCCCCNOCCCCCCCC/C=C/CCCCCCCC. The van der Waals surface area contributed by atoms with E-state index in [0.717, 1.165) is 13.2 Å². The van der Waals surface area contributed by atoms with Crippen molar-refractivity contribution in [3.05, 3.63) is 24.3 Å². The highest BCUT2D eigenvalue weighted by Crippen LogP contribution is 2.11. The van der Waals surface area contributed by atoms with Crippen LogP contribution in [0.4, 0.5) is 0 Å². The fourth-order valence-electron chi connectivity index (χ4n) is 5.01. The van der Waals surface area contributed by atoms with Gasteiger partial charge < -0.3 is 4.84 Å². The minimum absolute atomic E-state index is 0.869. The van der Waals surface area contributed by atoms with Crippen molar-refractivity contribution in [1.29, 1.82) is 0 Å². The molecule has 0 fully saturated rings. The average Bonchev–Trinajstić information content (AvgIpc) is 2.93. The third-order valence-electron chi connectivity index (χ3n) is 7.65. The third kappa shape index (κ3) is 35.4. The van der Waals surface area contributed by atoms with Crippen LogP contribution in [0.3, 0.4) is 0 Å². The molecule has 1 N–H and O–H groups in total. The van der Waals surface area contributed by atoms with Crippen LogP contribution in [-0.4, -0.2) is 13.2 Å². The lowest BCUT2D eigenvalue weighted by molar-refractivity contribution is 0.0376. The molecule has 0 radical (unpaired) electrons. The number of hydroxylamine groups is 1. The molecule has 0 aliphatic rings. The van der Waals surface area contributed by atoms with Crippen molar-refractivity contribution in [1.82, 2.24) is 5.48 Å². The Morgan fingerprint density at radius 1 is 0.368 bits per heavy atom. The van der Waals surface area contributed by atoms with E-state index in [0.29, 0.717) is 0 Å². The molecule has 0 aliphatic heterocycles. The molecule has 0 atom stereocenters. The van der Waals surface area contributed by atoms with Crippen LogP contribution in [-0.2, 0) is 4.84 Å². The van der Waals surface area contributed by atoms with Crippen molar-refractivity contribution in [2.45, 2.75) is 194 Å². The molecule has 0 amide bonds. The van der Waals surface area contributed by atoms with Crippen LogP contribution in [0, 0.1) is 0 Å². The Bertz CT molecular complexity index is 416. The van der Waals surface area contributed by atoms with Crippen LogP contribution in [0.5, 0.6) is 0 Å². The Morgan fingerprint density at radius 3 is 1.08 bits per heavy atom. The first kappa shape index (κ1) is 37.4. The van der Waals surface area contributed by atoms with Gasteiger partial charge in [0, 0.05) is 6.54 Å². The van der Waals surface area contributed by atoms with Crippen LogP contribution in [0.15, 0.2) is 24.3 Å². The van der Waals surface area contributed by atoms with Crippen molar-refractivity contribution < 1.29 is 4.84 Å². The number of rotatable bonds is 33. The Morgan fingerprint density at radius 2 is 0.684 bits per heavy atom. The molecule has 38 heavy (non-hydrogen) atoms. The first-order chi connectivity index (χ1) is 18.9. The van der Waals surface area contributed by atoms with Gasteiger partial charge in [-0.25, -0.2) is 5.48 Å². The van der Waals surface area contributed by atoms with E-state index in [4.69, 9.17) is 4.84 Å². The average molecular weight is 534 g/mol. The lowest BCUT2D eigenvalue weighted by atomic mass is 10.1. The van der Waals surface area contributed by atoms with Gasteiger partial charge in [0.15, 0.2) is 0 Å². The summed E-state index contributed by atoms with van der Waals surface area (Å²) in [6, 6.07) is 0. The molecule has 2 nitrogen and oxygen atoms in total. The highest BCUT2D eigenvalue weighted by molar-refractivity contribution is 4.82. The number of nitrogens with one attached hydrogen (secondary N) is 1. The molecule has 0 aliphatic carbocycles. The van der Waals surface area contributed by atoms with Crippen LogP contribution < -0.4 is 5.48 Å². The molecule has 0 aromatic heterocycles. The van der Waals surface area contributed by atoms with E-state index >= 15 is 0 Å². The summed E-state index contributed by atoms with van der Waals surface area (Å²) in [5.41, 5.74) is 3.17. The maximum Gasteiger partial charge on any atom is 0.0682 e. The summed E-state index contributed by atoms with van der Waals surface area (Å²) < 4.78 is 0. The van der Waals surface area contributed by atoms with E-state index < -0.39 is 0 Å². The van der Waals surface area contributed by atoms with Gasteiger partial charge in [-0.05, 0) is 64.2 Å². The van der Waals surface area contributed by atoms with Gasteiger partial charge in [0.05, 0.1) is 6.61 Å². The summed E-state index contributed by atoms with van der Waals surface area (Å²) in [5.74, 6) is 0. The van der Waals surface area contributed by atoms with E-state index in [1.54, 1.807) is 0 Å². The van der Waals surface area contributed by atoms with Crippen molar-refractivity contribution >= 4 is 0 Å². The maximum atomic E-state index is 5.61. The van der Waals surface area contributed by atoms with Crippen LogP contribution in [0.2, 0.25) is 0 Å². The van der Waals surface area contributed by atoms with Crippen molar-refractivity contribution in [2.24, 2.45) is 0 Å². The first-order valence-electron chi connectivity index (χ1n) is 17.6. The lowest BCUT2D eigenvalue weighted by Crippen LogP contribution is -2.16. The molecule has 0 saturated heterocycles. The van der Waals surface area contributed by atoms with Gasteiger partial charge >= 0.3 is 0 Å². The first-order valence-corrected chi connectivity index (χ1v) is 17.6. The zero-order valence-electron chi connectivity index (χ0n) is 26.4. The summed E-state index contributed by atoms with van der Waals surface area (Å²) in [4.78, 5) is 5.61. The van der Waals surface area contributed by atoms with Gasteiger partial charge in [0.1, 0.15) is 0 Å². The Kier molecular flexibility index (Phi) is 35.8. The fourth-order valence-corrected chi connectivity index (χ4v) is 5.01. The minimum atomic E-state index is 0.869. The second-order valence-electron chi connectivity index (χ2n) is 11.6. The predicted octanol–water partition coefficient (Wildman–Crippen LogP) is 12.6. The molecule has 0 bridgehead atoms. The van der Waals surface area contributed by atoms with Crippen molar-refractivity contribution in [3.8, 4) is 0 Å². The molecule has 0 aromatic carbocycles. The Labute approximate surface area is 241 Å². The number of hydrogen-bond acceptors (Lipinski definition) is 2. The van der Waals surface area contributed by atoms with Crippen molar-refractivity contribution in [3.63, 3.8) is 0 Å². The summed E-state index contributed by atoms with van der Waals surface area (Å²) in [6.07, 6.45) is 47.8. The zero-order valence-corrected chi connectivity index (χ0v) is 26.4. The number of hydrogen-bond donors (Lipinski definition) is 1. The third-order valence-corrected chi connectivity index (χ3v) is 7.65. The number of unbranched alkanes of at least 4 members (excludes halogenated alkanes) is 24. The molecular weight excluding hydrogens is 462 g/mol. The van der Waals surface area contributed by atoms with E-state index in [-0.39, 0.29) is 0 Å². The monoisotopic (exact) mass is 534 g/mol. The topological polar surface area (TPSA) is 21.3 Å². The van der Waals surface area contributed by atoms with Crippen LogP contribution in [0.1, 0.15) is 194 Å². The quantitative estimate of drug-likeness (QED) is 0.0514. The van der Waals surface area contributed by atoms with E-state index in [9.17, 15) is 0 Å². The molecule has 226 valence electrons. The van der Waals surface area contributed by atoms with E-state index in [1.807, 2.05) is 0 Å². The van der Waals surface area contributed by atoms with Gasteiger partial charge in [-0.1, -0.05) is 154 Å². The lowest BCUT2D eigenvalue weighted by Gasteiger charge is -2.06. The van der Waals surface area contributed by atoms with Gasteiger partial charge in [0.25, 0.3) is 0 Å². The minimum Gasteiger partial charge on any atom is -0.302 e. The highest BCUT2D eigenvalue weighted by Gasteiger charge is 1.95. The van der Waals surface area contributed by atoms with Crippen LogP contribution in [0.25, 0.3) is 0 Å². The predicted molar refractivity (Wildman–Crippen MR) is 173 cm³/mol. The second-order valence-corrected chi connectivity index (χ2v) is 11.6. The normalized spacial score (nSPS) is 11.9. The zero-order chi connectivity index (χ0) is 27.5. The molecule has 0 aromatic rings. The Hall–Kier alpha value is -0.600. The van der Waals surface area contributed by atoms with Gasteiger partial charge in [-0.15, -0.1) is 0 Å². The summed E-state index contributed by atoms with van der Waals surface area (Å²) in [7, 11) is 0. The second kappa shape index (κ2) is 36.4. The van der Waals surface area contributed by atoms with Crippen molar-refractivity contribution in [2.75, 3.05) is 13.2 Å². The maximum absolute atomic E-state index is 5.61. The molecule has 0 spiro atoms. The molecule has 0 saturated carbocycles. The highest BCUT2D eigenvalue weighted by atomic mass is 16.6. The largest absolute Gasteiger partial charge is 0.302 e. The van der Waals surface area contributed by atoms with Crippen LogP contribution >= 0.6 is 0 Å². The summed E-state index contributed by atoms with van der Waals surface area (Å²) in [5, 5.41) is 0. The van der Waals surface area contributed by atoms with Gasteiger partial charge in [-0.2, -0.15) is 0 Å². The molecular formula is C36H71NO. The van der Waals surface area contributed by atoms with E-state index in [2.05, 4.69) is 43.6 Å². The smallest absolute Gasteiger partial charge is 0.0682 e. The Balaban J connectivity index is 3.09. The summed E-state index contributed by atoms with van der Waals surface area (Å²) >= 11 is 0. The molecule has 2 heteroatoms. The summed E-state index contributed by atoms with van der Waals surface area (Å²) in [6.45, 7) is 6.45. The van der Waals surface area contributed by atoms with E-state index in [1.165, 1.54) is 180 Å².